The van der Waals surface area contributed by atoms with Crippen molar-refractivity contribution in [3.8, 4) is 0 Å². The van der Waals surface area contributed by atoms with Crippen LogP contribution in [-0.2, 0) is 4.79 Å². The molecule has 4 nitrogen and oxygen atoms in total. The number of aliphatic imine (C=N–C) groups is 1. The Balaban J connectivity index is 0.00000192. The topological polar surface area (TPSA) is 35.9 Å². The number of amidine groups is 1. The fourth-order valence-corrected chi connectivity index (χ4v) is 3.92. The highest BCUT2D eigenvalue weighted by Crippen LogP contribution is 2.35. The molecule has 0 spiro atoms. The first kappa shape index (κ1) is 18.4. The monoisotopic (exact) mass is 377 g/mol. The fourth-order valence-electron chi connectivity index (χ4n) is 2.44. The van der Waals surface area contributed by atoms with Crippen molar-refractivity contribution in [2.45, 2.75) is 32.0 Å². The number of amides is 1. The van der Waals surface area contributed by atoms with Gasteiger partial charge in [-0.3, -0.25) is 14.7 Å². The van der Waals surface area contributed by atoms with Crippen LogP contribution in [-0.4, -0.2) is 41.0 Å². The summed E-state index contributed by atoms with van der Waals surface area (Å²) in [6, 6.07) is 4.53. The molecule has 23 heavy (non-hydrogen) atoms. The molecule has 0 N–H and O–H groups in total. The van der Waals surface area contributed by atoms with Crippen LogP contribution in [0.3, 0.4) is 0 Å². The summed E-state index contributed by atoms with van der Waals surface area (Å²) in [6.45, 7) is 1.49. The van der Waals surface area contributed by atoms with E-state index in [0.717, 1.165) is 23.8 Å². The third kappa shape index (κ3) is 3.92. The van der Waals surface area contributed by atoms with Gasteiger partial charge in [-0.2, -0.15) is 0 Å². The van der Waals surface area contributed by atoms with Crippen LogP contribution in [0.15, 0.2) is 23.2 Å². The van der Waals surface area contributed by atoms with Crippen LogP contribution >= 0.6 is 35.8 Å². The second-order valence-corrected chi connectivity index (χ2v) is 6.92. The lowest BCUT2D eigenvalue weighted by Crippen LogP contribution is -2.48. The van der Waals surface area contributed by atoms with Crippen LogP contribution in [0.2, 0.25) is 5.02 Å². The zero-order valence-electron chi connectivity index (χ0n) is 12.8. The molecular weight excluding hydrogens is 360 g/mol. The minimum absolute atomic E-state index is 0. The van der Waals surface area contributed by atoms with Gasteiger partial charge < -0.3 is 4.90 Å². The van der Waals surface area contributed by atoms with Gasteiger partial charge in [-0.1, -0.05) is 23.4 Å². The molecule has 1 amide bonds. The van der Waals surface area contributed by atoms with E-state index in [0.29, 0.717) is 11.7 Å². The Kier molecular flexibility index (Phi) is 5.81. The number of nitrogens with zero attached hydrogens (tertiary/aromatic N) is 3. The molecule has 1 atom stereocenters. The summed E-state index contributed by atoms with van der Waals surface area (Å²) in [6.07, 6.45) is 2.12. The maximum Gasteiger partial charge on any atom is 0.225 e. The van der Waals surface area contributed by atoms with Crippen LogP contribution in [0.4, 0.5) is 10.1 Å². The smallest absolute Gasteiger partial charge is 0.225 e. The normalized spacial score (nSPS) is 22.2. The first-order valence-corrected chi connectivity index (χ1v) is 8.52. The van der Waals surface area contributed by atoms with Gasteiger partial charge in [0.15, 0.2) is 5.17 Å². The average molecular weight is 378 g/mol. The van der Waals surface area contributed by atoms with E-state index in [2.05, 4.69) is 4.99 Å². The van der Waals surface area contributed by atoms with Crippen molar-refractivity contribution in [2.75, 3.05) is 17.7 Å². The largest absolute Gasteiger partial charge is 0.333 e. The number of carbonyl (C=O) groups excluding carboxylic acids is 1. The molecule has 126 valence electrons. The number of rotatable bonds is 3. The van der Waals surface area contributed by atoms with E-state index < -0.39 is 5.82 Å². The first-order valence-electron chi connectivity index (χ1n) is 7.15. The Labute approximate surface area is 150 Å². The zero-order chi connectivity index (χ0) is 15.9. The van der Waals surface area contributed by atoms with Gasteiger partial charge in [0.2, 0.25) is 5.91 Å². The molecule has 8 heteroatoms. The lowest BCUT2D eigenvalue weighted by Gasteiger charge is -2.33. The quantitative estimate of drug-likeness (QED) is 0.803. The summed E-state index contributed by atoms with van der Waals surface area (Å²) in [5, 5.41) is 1.19. The Hall–Kier alpha value is -0.980. The molecule has 2 aliphatic rings. The van der Waals surface area contributed by atoms with Gasteiger partial charge in [0.1, 0.15) is 12.0 Å². The number of hydrogen-bond acceptors (Lipinski definition) is 3. The molecular formula is C15H18Cl2FN3OS. The van der Waals surface area contributed by atoms with Crippen molar-refractivity contribution in [1.82, 2.24) is 4.90 Å². The number of anilines is 1. The van der Waals surface area contributed by atoms with Crippen LogP contribution in [0.5, 0.6) is 0 Å². The number of hydrogen-bond donors (Lipinski definition) is 0. The number of benzene rings is 1. The van der Waals surface area contributed by atoms with E-state index in [1.807, 2.05) is 11.9 Å². The van der Waals surface area contributed by atoms with E-state index in [9.17, 15) is 9.18 Å². The minimum Gasteiger partial charge on any atom is -0.333 e. The van der Waals surface area contributed by atoms with Crippen LogP contribution in [0.1, 0.15) is 19.8 Å². The van der Waals surface area contributed by atoms with Gasteiger partial charge in [-0.25, -0.2) is 4.39 Å². The van der Waals surface area contributed by atoms with Crippen molar-refractivity contribution in [2.24, 2.45) is 4.99 Å². The third-order valence-corrected chi connectivity index (χ3v) is 5.18. The maximum atomic E-state index is 13.3. The highest BCUT2D eigenvalue weighted by molar-refractivity contribution is 8.14. The third-order valence-electron chi connectivity index (χ3n) is 3.76. The molecule has 0 radical (unpaired) electrons. The van der Waals surface area contributed by atoms with E-state index in [4.69, 9.17) is 11.6 Å². The second kappa shape index (κ2) is 7.28. The number of carbonyl (C=O) groups is 1. The summed E-state index contributed by atoms with van der Waals surface area (Å²) >= 11 is 7.78. The van der Waals surface area contributed by atoms with E-state index in [1.54, 1.807) is 22.7 Å². The number of thioether (sulfide) groups is 1. The van der Waals surface area contributed by atoms with Crippen molar-refractivity contribution >= 4 is 52.5 Å². The Morgan fingerprint density at radius 2 is 2.17 bits per heavy atom. The Morgan fingerprint density at radius 3 is 2.74 bits per heavy atom. The summed E-state index contributed by atoms with van der Waals surface area (Å²) < 4.78 is 13.3. The molecule has 0 aromatic heterocycles. The highest BCUT2D eigenvalue weighted by atomic mass is 35.5. The van der Waals surface area contributed by atoms with Crippen molar-refractivity contribution in [3.05, 3.63) is 29.0 Å². The second-order valence-electron chi connectivity index (χ2n) is 5.53. The molecule has 2 fully saturated rings. The molecule has 1 aromatic rings. The summed E-state index contributed by atoms with van der Waals surface area (Å²) in [4.78, 5) is 20.4. The van der Waals surface area contributed by atoms with Crippen LogP contribution < -0.4 is 4.90 Å². The van der Waals surface area contributed by atoms with E-state index in [1.165, 1.54) is 19.1 Å². The van der Waals surface area contributed by atoms with Gasteiger partial charge in [-0.15, -0.1) is 12.4 Å². The lowest BCUT2D eigenvalue weighted by molar-refractivity contribution is -0.117. The molecule has 3 rings (SSSR count). The number of halogens is 3. The lowest BCUT2D eigenvalue weighted by atomic mass is 10.2. The standard InChI is InChI=1S/C15H17ClFN3OS.ClH/c1-9(21)20(13-6-3-10(17)7-12(13)16)14-8-22-15(19(14)2)18-11-4-5-11;/h3,6-7,11,14H,4-5,8H2,1-2H3;1H. The fraction of sp³-hybridized carbons (Fsp3) is 0.467. The van der Waals surface area contributed by atoms with Gasteiger partial charge >= 0.3 is 0 Å². The minimum atomic E-state index is -0.414. The highest BCUT2D eigenvalue weighted by Gasteiger charge is 2.36. The SMILES string of the molecule is CC(=O)N(c1ccc(F)cc1Cl)C1CSC(=NC2CC2)N1C.Cl. The van der Waals surface area contributed by atoms with Crippen molar-refractivity contribution < 1.29 is 9.18 Å². The van der Waals surface area contributed by atoms with Crippen molar-refractivity contribution in [1.29, 1.82) is 0 Å². The summed E-state index contributed by atoms with van der Waals surface area (Å²) in [7, 11) is 1.93. The Morgan fingerprint density at radius 1 is 1.48 bits per heavy atom. The van der Waals surface area contributed by atoms with Crippen molar-refractivity contribution in [3.63, 3.8) is 0 Å². The molecule has 1 saturated heterocycles. The van der Waals surface area contributed by atoms with E-state index in [-0.39, 0.29) is 29.5 Å². The summed E-state index contributed by atoms with van der Waals surface area (Å²) in [5.74, 6) is 0.177. The molecule has 1 unspecified atom stereocenters. The molecule has 1 aromatic carbocycles. The zero-order valence-corrected chi connectivity index (χ0v) is 15.2. The molecule has 1 saturated carbocycles. The molecule has 0 bridgehead atoms. The predicted octanol–water partition coefficient (Wildman–Crippen LogP) is 3.78. The van der Waals surface area contributed by atoms with E-state index >= 15 is 0 Å². The first-order chi connectivity index (χ1) is 10.5. The Bertz CT molecular complexity index is 639. The molecule has 1 aliphatic heterocycles. The average Bonchev–Trinajstić information content (AvgIpc) is 3.19. The maximum absolute atomic E-state index is 13.3. The molecule has 1 aliphatic carbocycles. The van der Waals surface area contributed by atoms with Gasteiger partial charge in [0, 0.05) is 19.7 Å². The van der Waals surface area contributed by atoms with Gasteiger partial charge in [0.25, 0.3) is 0 Å². The molecule has 1 heterocycles. The summed E-state index contributed by atoms with van der Waals surface area (Å²) in [5.41, 5.74) is 0.528. The van der Waals surface area contributed by atoms with Crippen LogP contribution in [0.25, 0.3) is 0 Å². The van der Waals surface area contributed by atoms with Gasteiger partial charge in [0.05, 0.1) is 16.8 Å². The van der Waals surface area contributed by atoms with Crippen LogP contribution in [0, 0.1) is 5.82 Å². The predicted molar refractivity (Wildman–Crippen MR) is 96.3 cm³/mol. The van der Waals surface area contributed by atoms with Gasteiger partial charge in [-0.05, 0) is 31.0 Å².